The zero-order valence-electron chi connectivity index (χ0n) is 6.50. The third kappa shape index (κ3) is 1.55. The van der Waals surface area contributed by atoms with Crippen LogP contribution in [-0.4, -0.2) is 16.9 Å². The maximum atomic E-state index is 7.14. The fourth-order valence-electron chi connectivity index (χ4n) is 0.866. The summed E-state index contributed by atoms with van der Waals surface area (Å²) >= 11 is 1.50. The van der Waals surface area contributed by atoms with E-state index in [1.807, 2.05) is 0 Å². The standard InChI is InChI=1S/C7H10N4S/c8-6(9)5-3-12-7(11-5)10-4-1-2-4/h3-4H,1-2H2,(H3,8,9)(H,10,11). The third-order valence-corrected chi connectivity index (χ3v) is 2.46. The quantitative estimate of drug-likeness (QED) is 0.482. The summed E-state index contributed by atoms with van der Waals surface area (Å²) in [6, 6.07) is 0.607. The Hall–Kier alpha value is -1.10. The van der Waals surface area contributed by atoms with E-state index < -0.39 is 0 Å². The first-order valence-electron chi connectivity index (χ1n) is 3.82. The van der Waals surface area contributed by atoms with Gasteiger partial charge in [0, 0.05) is 11.4 Å². The molecule has 1 saturated carbocycles. The molecule has 0 saturated heterocycles. The summed E-state index contributed by atoms with van der Waals surface area (Å²) < 4.78 is 0. The van der Waals surface area contributed by atoms with Gasteiger partial charge in [0.2, 0.25) is 0 Å². The van der Waals surface area contributed by atoms with Crippen LogP contribution < -0.4 is 11.1 Å². The highest BCUT2D eigenvalue weighted by atomic mass is 32.1. The molecular formula is C7H10N4S. The number of nitrogen functional groups attached to an aromatic ring is 1. The second kappa shape index (κ2) is 2.75. The normalized spacial score (nSPS) is 16.0. The minimum atomic E-state index is 0.0371. The molecule has 1 heterocycles. The molecule has 1 aromatic rings. The Kier molecular flexibility index (Phi) is 1.73. The SMILES string of the molecule is N=C(N)c1csc(NC2CC2)n1. The molecule has 0 aliphatic heterocycles. The summed E-state index contributed by atoms with van der Waals surface area (Å²) in [7, 11) is 0. The van der Waals surface area contributed by atoms with Crippen LogP contribution in [0.25, 0.3) is 0 Å². The van der Waals surface area contributed by atoms with Crippen molar-refractivity contribution in [2.24, 2.45) is 5.73 Å². The Labute approximate surface area is 74.3 Å². The number of thiazole rings is 1. The van der Waals surface area contributed by atoms with Crippen molar-refractivity contribution in [1.29, 1.82) is 5.41 Å². The van der Waals surface area contributed by atoms with Crippen LogP contribution in [0.5, 0.6) is 0 Å². The van der Waals surface area contributed by atoms with E-state index in [4.69, 9.17) is 11.1 Å². The smallest absolute Gasteiger partial charge is 0.183 e. The molecule has 5 heteroatoms. The van der Waals surface area contributed by atoms with Gasteiger partial charge in [0.25, 0.3) is 0 Å². The number of nitrogens with zero attached hydrogens (tertiary/aromatic N) is 1. The lowest BCUT2D eigenvalue weighted by Crippen LogP contribution is -2.11. The predicted molar refractivity (Wildman–Crippen MR) is 49.8 cm³/mol. The van der Waals surface area contributed by atoms with Crippen molar-refractivity contribution < 1.29 is 0 Å². The lowest BCUT2D eigenvalue weighted by Gasteiger charge is -1.95. The van der Waals surface area contributed by atoms with E-state index in [1.54, 1.807) is 5.38 Å². The molecule has 0 spiro atoms. The summed E-state index contributed by atoms with van der Waals surface area (Å²) in [5.74, 6) is 0.0371. The van der Waals surface area contributed by atoms with E-state index >= 15 is 0 Å². The van der Waals surface area contributed by atoms with Gasteiger partial charge in [-0.05, 0) is 12.8 Å². The summed E-state index contributed by atoms with van der Waals surface area (Å²) in [6.45, 7) is 0. The lowest BCUT2D eigenvalue weighted by molar-refractivity contribution is 1.13. The maximum absolute atomic E-state index is 7.14. The Morgan fingerprint density at radius 1 is 1.75 bits per heavy atom. The van der Waals surface area contributed by atoms with Crippen LogP contribution in [0.4, 0.5) is 5.13 Å². The van der Waals surface area contributed by atoms with Crippen molar-refractivity contribution in [1.82, 2.24) is 4.98 Å². The minimum Gasteiger partial charge on any atom is -0.382 e. The van der Waals surface area contributed by atoms with Gasteiger partial charge in [-0.15, -0.1) is 11.3 Å². The van der Waals surface area contributed by atoms with E-state index in [1.165, 1.54) is 24.2 Å². The van der Waals surface area contributed by atoms with Gasteiger partial charge in [0.05, 0.1) is 0 Å². The molecule has 0 atom stereocenters. The Balaban J connectivity index is 2.06. The van der Waals surface area contributed by atoms with Crippen molar-refractivity contribution in [2.75, 3.05) is 5.32 Å². The molecular weight excluding hydrogens is 172 g/mol. The zero-order chi connectivity index (χ0) is 8.55. The highest BCUT2D eigenvalue weighted by Gasteiger charge is 2.21. The van der Waals surface area contributed by atoms with E-state index in [-0.39, 0.29) is 5.84 Å². The van der Waals surface area contributed by atoms with E-state index in [2.05, 4.69) is 10.3 Å². The fraction of sp³-hybridized carbons (Fsp3) is 0.429. The monoisotopic (exact) mass is 182 g/mol. The van der Waals surface area contributed by atoms with Crippen molar-refractivity contribution >= 4 is 22.3 Å². The number of rotatable bonds is 3. The number of hydrogen-bond donors (Lipinski definition) is 3. The van der Waals surface area contributed by atoms with Crippen LogP contribution in [-0.2, 0) is 0 Å². The predicted octanol–water partition coefficient (Wildman–Crippen LogP) is 1.00. The first kappa shape index (κ1) is 7.54. The third-order valence-electron chi connectivity index (χ3n) is 1.69. The molecule has 1 aromatic heterocycles. The molecule has 4 N–H and O–H groups in total. The number of nitrogens with two attached hydrogens (primary N) is 1. The molecule has 0 amide bonds. The number of nitrogens with one attached hydrogen (secondary N) is 2. The first-order valence-corrected chi connectivity index (χ1v) is 4.70. The minimum absolute atomic E-state index is 0.0371. The Bertz CT molecular complexity index is 302. The second-order valence-electron chi connectivity index (χ2n) is 2.87. The molecule has 0 aromatic carbocycles. The van der Waals surface area contributed by atoms with Crippen LogP contribution in [0, 0.1) is 5.41 Å². The van der Waals surface area contributed by atoms with Crippen LogP contribution in [0.1, 0.15) is 18.5 Å². The van der Waals surface area contributed by atoms with E-state index in [0.717, 1.165) is 5.13 Å². The molecule has 1 aliphatic rings. The number of aromatic nitrogens is 1. The molecule has 4 nitrogen and oxygen atoms in total. The average molecular weight is 182 g/mol. The maximum Gasteiger partial charge on any atom is 0.183 e. The molecule has 2 rings (SSSR count). The van der Waals surface area contributed by atoms with Gasteiger partial charge < -0.3 is 11.1 Å². The Morgan fingerprint density at radius 2 is 2.50 bits per heavy atom. The van der Waals surface area contributed by atoms with E-state index in [0.29, 0.717) is 11.7 Å². The van der Waals surface area contributed by atoms with Gasteiger partial charge in [-0.25, -0.2) is 4.98 Å². The van der Waals surface area contributed by atoms with Crippen LogP contribution in [0.3, 0.4) is 0 Å². The highest BCUT2D eigenvalue weighted by molar-refractivity contribution is 7.13. The first-order chi connectivity index (χ1) is 5.75. The summed E-state index contributed by atoms with van der Waals surface area (Å²) in [5.41, 5.74) is 5.85. The zero-order valence-corrected chi connectivity index (χ0v) is 7.32. The van der Waals surface area contributed by atoms with Gasteiger partial charge in [-0.3, -0.25) is 5.41 Å². The van der Waals surface area contributed by atoms with Crippen molar-refractivity contribution in [3.05, 3.63) is 11.1 Å². The highest BCUT2D eigenvalue weighted by Crippen LogP contribution is 2.26. The number of anilines is 1. The van der Waals surface area contributed by atoms with Crippen LogP contribution >= 0.6 is 11.3 Å². The molecule has 1 fully saturated rings. The van der Waals surface area contributed by atoms with Crippen LogP contribution in [0.2, 0.25) is 0 Å². The summed E-state index contributed by atoms with van der Waals surface area (Å²) in [5, 5.41) is 13.1. The largest absolute Gasteiger partial charge is 0.382 e. The molecule has 0 bridgehead atoms. The topological polar surface area (TPSA) is 74.8 Å². The fourth-order valence-corrected chi connectivity index (χ4v) is 1.65. The molecule has 0 radical (unpaired) electrons. The molecule has 0 unspecified atom stereocenters. The van der Waals surface area contributed by atoms with Gasteiger partial charge in [-0.1, -0.05) is 0 Å². The van der Waals surface area contributed by atoms with Gasteiger partial charge in [0.1, 0.15) is 11.5 Å². The van der Waals surface area contributed by atoms with Crippen molar-refractivity contribution in [3.8, 4) is 0 Å². The van der Waals surface area contributed by atoms with Crippen LogP contribution in [0.15, 0.2) is 5.38 Å². The molecule has 1 aliphatic carbocycles. The second-order valence-corrected chi connectivity index (χ2v) is 3.73. The number of hydrogen-bond acceptors (Lipinski definition) is 4. The lowest BCUT2D eigenvalue weighted by atomic mass is 10.5. The Morgan fingerprint density at radius 3 is 3.00 bits per heavy atom. The molecule has 64 valence electrons. The van der Waals surface area contributed by atoms with Gasteiger partial charge in [-0.2, -0.15) is 0 Å². The van der Waals surface area contributed by atoms with Crippen molar-refractivity contribution in [2.45, 2.75) is 18.9 Å². The van der Waals surface area contributed by atoms with Crippen molar-refractivity contribution in [3.63, 3.8) is 0 Å². The summed E-state index contributed by atoms with van der Waals surface area (Å²) in [6.07, 6.45) is 2.46. The summed E-state index contributed by atoms with van der Waals surface area (Å²) in [4.78, 5) is 4.15. The number of amidine groups is 1. The molecule has 12 heavy (non-hydrogen) atoms. The van der Waals surface area contributed by atoms with Gasteiger partial charge in [0.15, 0.2) is 5.13 Å². The van der Waals surface area contributed by atoms with E-state index in [9.17, 15) is 0 Å². The van der Waals surface area contributed by atoms with Gasteiger partial charge >= 0.3 is 0 Å². The average Bonchev–Trinajstić information content (AvgIpc) is 2.66.